The van der Waals surface area contributed by atoms with Crippen LogP contribution in [0.5, 0.6) is 5.75 Å². The van der Waals surface area contributed by atoms with Crippen LogP contribution in [0.25, 0.3) is 6.08 Å². The number of ether oxygens (including phenoxy) is 2. The average molecular weight is 414 g/mol. The number of carbonyl (C=O) groups excluding carboxylic acids is 3. The predicted molar refractivity (Wildman–Crippen MR) is 94.6 cm³/mol. The number of amides is 2. The molecule has 24 heavy (non-hydrogen) atoms. The Balaban J connectivity index is 2.25. The first-order chi connectivity index (χ1) is 11.5. The highest BCUT2D eigenvalue weighted by Crippen LogP contribution is 2.34. The SMILES string of the molecule is CCOC(=O)COc1ccc(Br)cc1/C=C1/SC(=O)N(CC)C1=O. The highest BCUT2D eigenvalue weighted by Gasteiger charge is 2.33. The van der Waals surface area contributed by atoms with Crippen molar-refractivity contribution in [1.29, 1.82) is 0 Å². The van der Waals surface area contributed by atoms with E-state index >= 15 is 0 Å². The summed E-state index contributed by atoms with van der Waals surface area (Å²) in [5.74, 6) is -0.379. The molecule has 1 fully saturated rings. The zero-order chi connectivity index (χ0) is 17.7. The van der Waals surface area contributed by atoms with Crippen molar-refractivity contribution in [2.24, 2.45) is 0 Å². The van der Waals surface area contributed by atoms with Gasteiger partial charge in [0, 0.05) is 16.6 Å². The summed E-state index contributed by atoms with van der Waals surface area (Å²) in [6.45, 7) is 3.83. The largest absolute Gasteiger partial charge is 0.481 e. The Bertz CT molecular complexity index is 704. The molecule has 128 valence electrons. The minimum atomic E-state index is -0.474. The van der Waals surface area contributed by atoms with Gasteiger partial charge in [-0.2, -0.15) is 0 Å². The normalized spacial score (nSPS) is 16.0. The molecule has 0 aromatic heterocycles. The number of halogens is 1. The van der Waals surface area contributed by atoms with Gasteiger partial charge in [0.2, 0.25) is 0 Å². The molecule has 1 saturated heterocycles. The van der Waals surface area contributed by atoms with Crippen LogP contribution in [0, 0.1) is 0 Å². The van der Waals surface area contributed by atoms with Crippen molar-refractivity contribution < 1.29 is 23.9 Å². The van der Waals surface area contributed by atoms with E-state index < -0.39 is 5.97 Å². The van der Waals surface area contributed by atoms with Crippen molar-refractivity contribution in [1.82, 2.24) is 4.90 Å². The molecule has 8 heteroatoms. The molecule has 1 heterocycles. The fourth-order valence-corrected chi connectivity index (χ4v) is 3.29. The Morgan fingerprint density at radius 2 is 2.08 bits per heavy atom. The number of carbonyl (C=O) groups is 3. The van der Waals surface area contributed by atoms with Crippen LogP contribution in [0.1, 0.15) is 19.4 Å². The van der Waals surface area contributed by atoms with Crippen LogP contribution >= 0.6 is 27.7 Å². The number of hydrogen-bond acceptors (Lipinski definition) is 6. The lowest BCUT2D eigenvalue weighted by atomic mass is 10.2. The molecule has 0 bridgehead atoms. The van der Waals surface area contributed by atoms with Crippen LogP contribution in [0.4, 0.5) is 4.79 Å². The molecular weight excluding hydrogens is 398 g/mol. The van der Waals surface area contributed by atoms with Crippen LogP contribution in [0.15, 0.2) is 27.6 Å². The molecule has 2 amide bonds. The quantitative estimate of drug-likeness (QED) is 0.525. The Hall–Kier alpha value is -1.80. The average Bonchev–Trinajstić information content (AvgIpc) is 2.80. The Morgan fingerprint density at radius 3 is 2.71 bits per heavy atom. The van der Waals surface area contributed by atoms with Crippen LogP contribution in [0.2, 0.25) is 0 Å². The van der Waals surface area contributed by atoms with Gasteiger partial charge in [0.05, 0.1) is 11.5 Å². The molecule has 2 rings (SSSR count). The number of benzene rings is 1. The lowest BCUT2D eigenvalue weighted by Gasteiger charge is -2.10. The third kappa shape index (κ3) is 4.39. The Kier molecular flexibility index (Phi) is 6.44. The molecule has 0 N–H and O–H groups in total. The van der Waals surface area contributed by atoms with Gasteiger partial charge in [-0.05, 0) is 49.9 Å². The van der Waals surface area contributed by atoms with E-state index in [0.29, 0.717) is 22.8 Å². The molecule has 0 aliphatic carbocycles. The number of likely N-dealkylation sites (N-methyl/N-ethyl adjacent to an activating group) is 1. The summed E-state index contributed by atoms with van der Waals surface area (Å²) in [7, 11) is 0. The van der Waals surface area contributed by atoms with E-state index in [4.69, 9.17) is 9.47 Å². The molecule has 1 aliphatic heterocycles. The zero-order valence-corrected chi connectivity index (χ0v) is 15.6. The molecule has 6 nitrogen and oxygen atoms in total. The molecule has 1 aromatic carbocycles. The summed E-state index contributed by atoms with van der Waals surface area (Å²) in [6.07, 6.45) is 1.59. The monoisotopic (exact) mass is 413 g/mol. The van der Waals surface area contributed by atoms with Crippen molar-refractivity contribution in [3.05, 3.63) is 33.1 Å². The fourth-order valence-electron chi connectivity index (χ4n) is 2.02. The van der Waals surface area contributed by atoms with Crippen molar-refractivity contribution >= 4 is 50.9 Å². The van der Waals surface area contributed by atoms with Crippen LogP contribution in [-0.4, -0.2) is 41.8 Å². The van der Waals surface area contributed by atoms with E-state index in [1.54, 1.807) is 38.1 Å². The van der Waals surface area contributed by atoms with Gasteiger partial charge in [-0.1, -0.05) is 15.9 Å². The minimum absolute atomic E-state index is 0.229. The lowest BCUT2D eigenvalue weighted by Crippen LogP contribution is -2.27. The smallest absolute Gasteiger partial charge is 0.344 e. The molecular formula is C16H16BrNO5S. The Morgan fingerprint density at radius 1 is 1.33 bits per heavy atom. The number of nitrogens with zero attached hydrogens (tertiary/aromatic N) is 1. The molecule has 0 saturated carbocycles. The van der Waals surface area contributed by atoms with Gasteiger partial charge in [-0.25, -0.2) is 4.79 Å². The van der Waals surface area contributed by atoms with Crippen LogP contribution < -0.4 is 4.74 Å². The third-order valence-electron chi connectivity index (χ3n) is 3.10. The molecule has 0 radical (unpaired) electrons. The van der Waals surface area contributed by atoms with Gasteiger partial charge in [-0.15, -0.1) is 0 Å². The predicted octanol–water partition coefficient (Wildman–Crippen LogP) is 3.45. The van der Waals surface area contributed by atoms with Crippen molar-refractivity contribution in [2.75, 3.05) is 19.8 Å². The maximum Gasteiger partial charge on any atom is 0.344 e. The second-order valence-corrected chi connectivity index (χ2v) is 6.61. The molecule has 1 aromatic rings. The number of thioether (sulfide) groups is 1. The van der Waals surface area contributed by atoms with Gasteiger partial charge in [0.15, 0.2) is 6.61 Å². The van der Waals surface area contributed by atoms with Gasteiger partial charge < -0.3 is 9.47 Å². The summed E-state index contributed by atoms with van der Waals surface area (Å²) < 4.78 is 11.1. The van der Waals surface area contributed by atoms with Gasteiger partial charge in [0.25, 0.3) is 11.1 Å². The minimum Gasteiger partial charge on any atom is -0.481 e. The first kappa shape index (κ1) is 18.5. The van der Waals surface area contributed by atoms with Crippen molar-refractivity contribution in [3.8, 4) is 5.75 Å². The lowest BCUT2D eigenvalue weighted by molar-refractivity contribution is -0.145. The summed E-state index contributed by atoms with van der Waals surface area (Å²) in [6, 6.07) is 5.19. The topological polar surface area (TPSA) is 72.9 Å². The molecule has 0 spiro atoms. The molecule has 1 aliphatic rings. The fraction of sp³-hybridized carbons (Fsp3) is 0.312. The van der Waals surface area contributed by atoms with Gasteiger partial charge in [0.1, 0.15) is 5.75 Å². The summed E-state index contributed by atoms with van der Waals surface area (Å²) in [5, 5.41) is -0.294. The second-order valence-electron chi connectivity index (χ2n) is 4.70. The molecule has 0 atom stereocenters. The summed E-state index contributed by atoms with van der Waals surface area (Å²) >= 11 is 4.24. The van der Waals surface area contributed by atoms with E-state index in [2.05, 4.69) is 15.9 Å². The standard InChI is InChI=1S/C16H16BrNO5S/c1-3-18-15(20)13(24-16(18)21)8-10-7-11(17)5-6-12(10)23-9-14(19)22-4-2/h5-8H,3-4,9H2,1-2H3/b13-8+. The highest BCUT2D eigenvalue weighted by atomic mass is 79.9. The van der Waals surface area contributed by atoms with Crippen LogP contribution in [0.3, 0.4) is 0 Å². The number of imide groups is 1. The first-order valence-electron chi connectivity index (χ1n) is 7.29. The maximum absolute atomic E-state index is 12.2. The van der Waals surface area contributed by atoms with Crippen LogP contribution in [-0.2, 0) is 14.3 Å². The van der Waals surface area contributed by atoms with Crippen molar-refractivity contribution in [2.45, 2.75) is 13.8 Å². The van der Waals surface area contributed by atoms with E-state index in [-0.39, 0.29) is 24.4 Å². The Labute approximate surface area is 152 Å². The number of esters is 1. The maximum atomic E-state index is 12.2. The third-order valence-corrected chi connectivity index (χ3v) is 4.50. The van der Waals surface area contributed by atoms with E-state index in [0.717, 1.165) is 16.2 Å². The van der Waals surface area contributed by atoms with E-state index in [1.165, 1.54) is 4.90 Å². The summed E-state index contributed by atoms with van der Waals surface area (Å²) in [5.41, 5.74) is 0.593. The van der Waals surface area contributed by atoms with E-state index in [9.17, 15) is 14.4 Å². The number of hydrogen-bond donors (Lipinski definition) is 0. The highest BCUT2D eigenvalue weighted by molar-refractivity contribution is 9.10. The summed E-state index contributed by atoms with van der Waals surface area (Å²) in [4.78, 5) is 36.9. The van der Waals surface area contributed by atoms with Gasteiger partial charge >= 0.3 is 5.97 Å². The first-order valence-corrected chi connectivity index (χ1v) is 8.90. The zero-order valence-electron chi connectivity index (χ0n) is 13.2. The van der Waals surface area contributed by atoms with Crippen molar-refractivity contribution in [3.63, 3.8) is 0 Å². The second kappa shape index (κ2) is 8.34. The molecule has 0 unspecified atom stereocenters. The van der Waals surface area contributed by atoms with Gasteiger partial charge in [-0.3, -0.25) is 14.5 Å². The number of rotatable bonds is 6. The van der Waals surface area contributed by atoms with E-state index in [1.807, 2.05) is 0 Å².